The van der Waals surface area contributed by atoms with Crippen LogP contribution < -0.4 is 0 Å². The molecule has 0 atom stereocenters. The molecule has 132 valence electrons. The van der Waals surface area contributed by atoms with Crippen LogP contribution in [0, 0.1) is 40.4 Å². The molecule has 2 aromatic rings. The molecule has 0 amide bonds. The zero-order chi connectivity index (χ0) is 18.9. The second kappa shape index (κ2) is 6.78. The maximum atomic E-state index is 13.8. The second-order valence-electron chi connectivity index (χ2n) is 4.93. The molecule has 25 heavy (non-hydrogen) atoms. The molecule has 0 aliphatic carbocycles. The van der Waals surface area contributed by atoms with Gasteiger partial charge in [0.1, 0.15) is 0 Å². The summed E-state index contributed by atoms with van der Waals surface area (Å²) >= 11 is 0. The summed E-state index contributed by atoms with van der Waals surface area (Å²) in [5, 5.41) is 8.96. The number of halogens is 5. The molecule has 4 nitrogen and oxygen atoms in total. The standard InChI is InChI=1S/C15H9F5N2O2S/c1-22(7-9-5-3-2-4-8(9)6-21)25(23,24)15-13(19)11(17)10(16)12(18)14(15)20/h2-5H,7H2,1H3. The first-order chi connectivity index (χ1) is 11.6. The van der Waals surface area contributed by atoms with E-state index in [1.165, 1.54) is 24.3 Å². The Morgan fingerprint density at radius 3 is 1.96 bits per heavy atom. The van der Waals surface area contributed by atoms with Crippen molar-refractivity contribution < 1.29 is 30.4 Å². The van der Waals surface area contributed by atoms with Crippen LogP contribution in [-0.2, 0) is 16.6 Å². The minimum absolute atomic E-state index is 0.0990. The molecule has 0 unspecified atom stereocenters. The maximum absolute atomic E-state index is 13.8. The van der Waals surface area contributed by atoms with Gasteiger partial charge in [0, 0.05) is 13.6 Å². The second-order valence-corrected chi connectivity index (χ2v) is 6.91. The number of hydrogen-bond acceptors (Lipinski definition) is 3. The van der Waals surface area contributed by atoms with Crippen LogP contribution in [0.3, 0.4) is 0 Å². The molecule has 0 aromatic heterocycles. The molecular formula is C15H9F5N2O2S. The fraction of sp³-hybridized carbons (Fsp3) is 0.133. The Morgan fingerprint density at radius 2 is 1.44 bits per heavy atom. The Morgan fingerprint density at radius 1 is 0.960 bits per heavy atom. The number of sulfonamides is 1. The SMILES string of the molecule is CN(Cc1ccccc1C#N)S(=O)(=O)c1c(F)c(F)c(F)c(F)c1F. The van der Waals surface area contributed by atoms with Gasteiger partial charge in [0.05, 0.1) is 11.6 Å². The van der Waals surface area contributed by atoms with Crippen LogP contribution in [0.15, 0.2) is 29.2 Å². The summed E-state index contributed by atoms with van der Waals surface area (Å²) in [4.78, 5) is -1.94. The Balaban J connectivity index is 2.55. The van der Waals surface area contributed by atoms with Crippen LogP contribution in [-0.4, -0.2) is 19.8 Å². The van der Waals surface area contributed by atoms with E-state index in [0.29, 0.717) is 4.31 Å². The van der Waals surface area contributed by atoms with E-state index in [1.807, 2.05) is 0 Å². The smallest absolute Gasteiger partial charge is 0.207 e. The summed E-state index contributed by atoms with van der Waals surface area (Å²) in [7, 11) is -4.17. The molecule has 0 saturated heterocycles. The predicted molar refractivity (Wildman–Crippen MR) is 76.0 cm³/mol. The van der Waals surface area contributed by atoms with E-state index < -0.39 is 50.5 Å². The highest BCUT2D eigenvalue weighted by Crippen LogP contribution is 2.29. The Hall–Kier alpha value is -2.51. The number of rotatable bonds is 4. The summed E-state index contributed by atoms with van der Waals surface area (Å²) in [6.45, 7) is -0.508. The van der Waals surface area contributed by atoms with Gasteiger partial charge < -0.3 is 0 Å². The van der Waals surface area contributed by atoms with E-state index >= 15 is 0 Å². The molecule has 0 spiro atoms. The fourth-order valence-corrected chi connectivity index (χ4v) is 3.31. The third-order valence-electron chi connectivity index (χ3n) is 3.37. The quantitative estimate of drug-likeness (QED) is 0.468. The Labute approximate surface area is 139 Å². The monoisotopic (exact) mass is 376 g/mol. The van der Waals surface area contributed by atoms with E-state index in [2.05, 4.69) is 0 Å². The van der Waals surface area contributed by atoms with E-state index in [9.17, 15) is 30.4 Å². The van der Waals surface area contributed by atoms with Gasteiger partial charge in [-0.2, -0.15) is 9.57 Å². The number of hydrogen-bond donors (Lipinski definition) is 0. The van der Waals surface area contributed by atoms with E-state index in [-0.39, 0.29) is 11.1 Å². The van der Waals surface area contributed by atoms with E-state index in [4.69, 9.17) is 5.26 Å². The Kier molecular flexibility index (Phi) is 5.10. The van der Waals surface area contributed by atoms with Crippen LogP contribution >= 0.6 is 0 Å². The molecule has 10 heteroatoms. The van der Waals surface area contributed by atoms with E-state index in [0.717, 1.165) is 7.05 Å². The van der Waals surface area contributed by atoms with Gasteiger partial charge in [0.2, 0.25) is 15.8 Å². The first kappa shape index (κ1) is 18.8. The summed E-state index contributed by atoms with van der Waals surface area (Å²) < 4.78 is 92.1. The third kappa shape index (κ3) is 3.20. The van der Waals surface area contributed by atoms with Crippen molar-refractivity contribution in [3.63, 3.8) is 0 Å². The lowest BCUT2D eigenvalue weighted by Crippen LogP contribution is -2.29. The molecule has 0 radical (unpaired) electrons. The Bertz CT molecular complexity index is 957. The molecular weight excluding hydrogens is 367 g/mol. The van der Waals surface area contributed by atoms with Gasteiger partial charge in [-0.05, 0) is 11.6 Å². The van der Waals surface area contributed by atoms with Crippen molar-refractivity contribution in [2.75, 3.05) is 7.05 Å². The van der Waals surface area contributed by atoms with Crippen molar-refractivity contribution in [3.8, 4) is 6.07 Å². The molecule has 2 aromatic carbocycles. The lowest BCUT2D eigenvalue weighted by atomic mass is 10.1. The highest BCUT2D eigenvalue weighted by Gasteiger charge is 2.36. The molecule has 0 fully saturated rings. The largest absolute Gasteiger partial charge is 0.249 e. The highest BCUT2D eigenvalue weighted by atomic mass is 32.2. The van der Waals surface area contributed by atoms with Crippen LogP contribution in [0.5, 0.6) is 0 Å². The van der Waals surface area contributed by atoms with Crippen LogP contribution in [0.1, 0.15) is 11.1 Å². The molecule has 0 heterocycles. The van der Waals surface area contributed by atoms with Gasteiger partial charge in [-0.3, -0.25) is 0 Å². The molecule has 0 aliphatic rings. The third-order valence-corrected chi connectivity index (χ3v) is 5.19. The topological polar surface area (TPSA) is 61.2 Å². The summed E-state index contributed by atoms with van der Waals surface area (Å²) in [6.07, 6.45) is 0. The van der Waals surface area contributed by atoms with Crippen molar-refractivity contribution in [3.05, 3.63) is 64.5 Å². The maximum Gasteiger partial charge on any atom is 0.249 e. The van der Waals surface area contributed by atoms with Gasteiger partial charge in [-0.15, -0.1) is 0 Å². The predicted octanol–water partition coefficient (Wildman–Crippen LogP) is 3.07. The first-order valence-electron chi connectivity index (χ1n) is 6.58. The average Bonchev–Trinajstić information content (AvgIpc) is 2.58. The normalized spacial score (nSPS) is 11.6. The zero-order valence-corrected chi connectivity index (χ0v) is 13.3. The van der Waals surface area contributed by atoms with Gasteiger partial charge >= 0.3 is 0 Å². The minimum atomic E-state index is -5.06. The summed E-state index contributed by atoms with van der Waals surface area (Å²) in [5.74, 6) is -12.1. The van der Waals surface area contributed by atoms with Crippen molar-refractivity contribution in [1.29, 1.82) is 5.26 Å². The van der Waals surface area contributed by atoms with Crippen molar-refractivity contribution in [1.82, 2.24) is 4.31 Å². The fourth-order valence-electron chi connectivity index (χ4n) is 2.06. The molecule has 0 N–H and O–H groups in total. The van der Waals surface area contributed by atoms with Crippen LogP contribution in [0.2, 0.25) is 0 Å². The lowest BCUT2D eigenvalue weighted by Gasteiger charge is -2.19. The van der Waals surface area contributed by atoms with Gasteiger partial charge in [0.25, 0.3) is 0 Å². The zero-order valence-electron chi connectivity index (χ0n) is 12.5. The summed E-state index contributed by atoms with van der Waals surface area (Å²) in [6, 6.07) is 7.59. The van der Waals surface area contributed by atoms with Gasteiger partial charge in [0.15, 0.2) is 28.2 Å². The van der Waals surface area contributed by atoms with Crippen molar-refractivity contribution in [2.24, 2.45) is 0 Å². The average molecular weight is 376 g/mol. The minimum Gasteiger partial charge on any atom is -0.207 e. The highest BCUT2D eigenvalue weighted by molar-refractivity contribution is 7.89. The summed E-state index contributed by atoms with van der Waals surface area (Å²) in [5.41, 5.74) is 0.293. The molecule has 0 aliphatic heterocycles. The van der Waals surface area contributed by atoms with Gasteiger partial charge in [-0.25, -0.2) is 30.4 Å². The number of benzene rings is 2. The van der Waals surface area contributed by atoms with Gasteiger partial charge in [-0.1, -0.05) is 18.2 Å². The lowest BCUT2D eigenvalue weighted by molar-refractivity contribution is 0.352. The molecule has 0 saturated carbocycles. The van der Waals surface area contributed by atoms with Crippen LogP contribution in [0.4, 0.5) is 22.0 Å². The number of nitriles is 1. The molecule has 0 bridgehead atoms. The number of nitrogens with zero attached hydrogens (tertiary/aromatic N) is 2. The van der Waals surface area contributed by atoms with E-state index in [1.54, 1.807) is 6.07 Å². The van der Waals surface area contributed by atoms with Crippen molar-refractivity contribution >= 4 is 10.0 Å². The molecule has 2 rings (SSSR count). The first-order valence-corrected chi connectivity index (χ1v) is 8.02. The van der Waals surface area contributed by atoms with Crippen LogP contribution in [0.25, 0.3) is 0 Å². The van der Waals surface area contributed by atoms with Crippen molar-refractivity contribution in [2.45, 2.75) is 11.4 Å².